The van der Waals surface area contributed by atoms with Gasteiger partial charge in [-0.05, 0) is 36.6 Å². The third kappa shape index (κ3) is 3.70. The first-order valence-electron chi connectivity index (χ1n) is 8.81. The summed E-state index contributed by atoms with van der Waals surface area (Å²) in [6, 6.07) is 10.3. The number of nitrogens with zero attached hydrogens (tertiary/aromatic N) is 3. The molecule has 0 spiro atoms. The van der Waals surface area contributed by atoms with Crippen molar-refractivity contribution in [2.24, 2.45) is 0 Å². The molecule has 3 aromatic heterocycles. The predicted octanol–water partition coefficient (Wildman–Crippen LogP) is 5.66. The van der Waals surface area contributed by atoms with E-state index < -0.39 is 0 Å². The van der Waals surface area contributed by atoms with E-state index in [9.17, 15) is 0 Å². The molecule has 4 aromatic rings. The highest BCUT2D eigenvalue weighted by atomic mass is 32.1. The van der Waals surface area contributed by atoms with E-state index in [0.29, 0.717) is 0 Å². The Morgan fingerprint density at radius 1 is 1.12 bits per heavy atom. The maximum Gasteiger partial charge on any atom is 0.180 e. The molecule has 134 valence electrons. The van der Waals surface area contributed by atoms with Crippen LogP contribution in [-0.4, -0.2) is 20.9 Å². The number of hydrogen-bond donors (Lipinski definition) is 2. The van der Waals surface area contributed by atoms with Gasteiger partial charge in [-0.2, -0.15) is 11.3 Å². The molecule has 0 unspecified atom stereocenters. The van der Waals surface area contributed by atoms with Crippen molar-refractivity contribution in [3.63, 3.8) is 0 Å². The summed E-state index contributed by atoms with van der Waals surface area (Å²) in [5.41, 5.74) is 5.11. The van der Waals surface area contributed by atoms with Crippen LogP contribution in [0.2, 0.25) is 0 Å². The highest BCUT2D eigenvalue weighted by molar-refractivity contribution is 7.08. The molecular formula is C20H23N5S. The Bertz CT molecular complexity index is 959. The zero-order chi connectivity index (χ0) is 18.4. The Balaban J connectivity index is 0.000000948. The van der Waals surface area contributed by atoms with Crippen LogP contribution in [0.3, 0.4) is 0 Å². The lowest BCUT2D eigenvalue weighted by Gasteiger charge is -2.09. The van der Waals surface area contributed by atoms with Crippen molar-refractivity contribution in [3.8, 4) is 11.3 Å². The van der Waals surface area contributed by atoms with Gasteiger partial charge in [0, 0.05) is 41.3 Å². The molecule has 0 bridgehead atoms. The van der Waals surface area contributed by atoms with Gasteiger partial charge in [0.25, 0.3) is 0 Å². The second-order valence-corrected chi connectivity index (χ2v) is 6.14. The van der Waals surface area contributed by atoms with E-state index in [0.717, 1.165) is 35.1 Å². The van der Waals surface area contributed by atoms with Crippen LogP contribution in [-0.2, 0) is 0 Å². The number of hydrogen-bond acceptors (Lipinski definition) is 5. The summed E-state index contributed by atoms with van der Waals surface area (Å²) in [4.78, 5) is 9.02. The second kappa shape index (κ2) is 8.49. The molecule has 2 N–H and O–H groups in total. The first-order valence-corrected chi connectivity index (χ1v) is 9.75. The van der Waals surface area contributed by atoms with E-state index in [2.05, 4.69) is 54.8 Å². The maximum atomic E-state index is 4.56. The zero-order valence-electron chi connectivity index (χ0n) is 15.2. The van der Waals surface area contributed by atoms with Gasteiger partial charge >= 0.3 is 0 Å². The Morgan fingerprint density at radius 2 is 1.96 bits per heavy atom. The number of aromatic nitrogens is 3. The van der Waals surface area contributed by atoms with Crippen molar-refractivity contribution in [1.82, 2.24) is 14.4 Å². The Morgan fingerprint density at radius 3 is 2.73 bits per heavy atom. The topological polar surface area (TPSA) is 54.2 Å². The summed E-state index contributed by atoms with van der Waals surface area (Å²) < 4.78 is 2.06. The minimum absolute atomic E-state index is 0.743. The fourth-order valence-electron chi connectivity index (χ4n) is 2.68. The SMILES string of the molecule is CC.CCNc1cccc(Nc2nccn3c(-c4ccsc4)cnc23)c1. The normalized spacial score (nSPS) is 10.3. The van der Waals surface area contributed by atoms with E-state index in [1.54, 1.807) is 17.5 Å². The fraction of sp³-hybridized carbons (Fsp3) is 0.200. The maximum absolute atomic E-state index is 4.56. The molecule has 0 aliphatic rings. The van der Waals surface area contributed by atoms with Crippen LogP contribution in [0.1, 0.15) is 20.8 Å². The number of fused-ring (bicyclic) bond motifs is 1. The summed E-state index contributed by atoms with van der Waals surface area (Å²) in [7, 11) is 0. The first kappa shape index (κ1) is 17.9. The van der Waals surface area contributed by atoms with Gasteiger partial charge in [0.1, 0.15) is 0 Å². The van der Waals surface area contributed by atoms with Gasteiger partial charge < -0.3 is 10.6 Å². The summed E-state index contributed by atoms with van der Waals surface area (Å²) in [5, 5.41) is 10.9. The molecule has 0 saturated carbocycles. The molecule has 0 fully saturated rings. The first-order chi connectivity index (χ1) is 12.8. The van der Waals surface area contributed by atoms with E-state index >= 15 is 0 Å². The Hall–Kier alpha value is -2.86. The fourth-order valence-corrected chi connectivity index (χ4v) is 3.33. The van der Waals surface area contributed by atoms with Crippen LogP contribution < -0.4 is 10.6 Å². The lowest BCUT2D eigenvalue weighted by atomic mass is 10.2. The van der Waals surface area contributed by atoms with Crippen LogP contribution in [0.4, 0.5) is 17.2 Å². The number of benzene rings is 1. The molecule has 0 saturated heterocycles. The largest absolute Gasteiger partial charge is 0.385 e. The average molecular weight is 366 g/mol. The van der Waals surface area contributed by atoms with Crippen molar-refractivity contribution < 1.29 is 0 Å². The zero-order valence-corrected chi connectivity index (χ0v) is 16.0. The molecule has 4 rings (SSSR count). The van der Waals surface area contributed by atoms with Crippen molar-refractivity contribution in [3.05, 3.63) is 59.7 Å². The molecule has 0 radical (unpaired) electrons. The van der Waals surface area contributed by atoms with E-state index in [-0.39, 0.29) is 0 Å². The minimum Gasteiger partial charge on any atom is -0.385 e. The number of rotatable bonds is 5. The third-order valence-corrected chi connectivity index (χ3v) is 4.43. The number of anilines is 3. The molecule has 6 heteroatoms. The van der Waals surface area contributed by atoms with Crippen LogP contribution >= 0.6 is 11.3 Å². The van der Waals surface area contributed by atoms with Gasteiger partial charge in [-0.15, -0.1) is 0 Å². The van der Waals surface area contributed by atoms with Gasteiger partial charge in [0.2, 0.25) is 0 Å². The van der Waals surface area contributed by atoms with Crippen molar-refractivity contribution in [1.29, 1.82) is 0 Å². The van der Waals surface area contributed by atoms with Gasteiger partial charge in [0.15, 0.2) is 11.5 Å². The smallest absolute Gasteiger partial charge is 0.180 e. The summed E-state index contributed by atoms with van der Waals surface area (Å²) in [6.45, 7) is 6.97. The Labute approximate surface area is 157 Å². The number of nitrogens with one attached hydrogen (secondary N) is 2. The lowest BCUT2D eigenvalue weighted by molar-refractivity contribution is 1.13. The molecule has 0 amide bonds. The molecule has 3 heterocycles. The van der Waals surface area contributed by atoms with Crippen molar-refractivity contribution >= 4 is 34.2 Å². The molecule has 26 heavy (non-hydrogen) atoms. The van der Waals surface area contributed by atoms with Crippen LogP contribution in [0.25, 0.3) is 16.9 Å². The standard InChI is InChI=1S/C18H17N5S.C2H6/c1-2-19-14-4-3-5-15(10-14)22-17-18-21-11-16(13-6-9-24-12-13)23(18)8-7-20-17;1-2/h3-12,19H,2H2,1H3,(H,20,22);1-2H3. The summed E-state index contributed by atoms with van der Waals surface area (Å²) >= 11 is 1.68. The van der Waals surface area contributed by atoms with E-state index in [1.165, 1.54) is 5.56 Å². The highest BCUT2D eigenvalue weighted by Gasteiger charge is 2.10. The van der Waals surface area contributed by atoms with Gasteiger partial charge in [-0.3, -0.25) is 4.40 Å². The summed E-state index contributed by atoms with van der Waals surface area (Å²) in [5.74, 6) is 0.743. The van der Waals surface area contributed by atoms with Gasteiger partial charge in [0.05, 0.1) is 11.9 Å². The lowest BCUT2D eigenvalue weighted by Crippen LogP contribution is -2.00. The van der Waals surface area contributed by atoms with E-state index in [4.69, 9.17) is 0 Å². The molecule has 0 atom stereocenters. The summed E-state index contributed by atoms with van der Waals surface area (Å²) in [6.07, 6.45) is 5.62. The Kier molecular flexibility index (Phi) is 5.86. The van der Waals surface area contributed by atoms with E-state index in [1.807, 2.05) is 44.4 Å². The second-order valence-electron chi connectivity index (χ2n) is 5.36. The predicted molar refractivity (Wildman–Crippen MR) is 112 cm³/mol. The van der Waals surface area contributed by atoms with Crippen LogP contribution in [0, 0.1) is 0 Å². The quantitative estimate of drug-likeness (QED) is 0.479. The van der Waals surface area contributed by atoms with Crippen LogP contribution in [0.5, 0.6) is 0 Å². The minimum atomic E-state index is 0.743. The van der Waals surface area contributed by atoms with Crippen LogP contribution in [0.15, 0.2) is 59.7 Å². The third-order valence-electron chi connectivity index (χ3n) is 3.75. The number of imidazole rings is 1. The van der Waals surface area contributed by atoms with Crippen molar-refractivity contribution in [2.45, 2.75) is 20.8 Å². The van der Waals surface area contributed by atoms with Crippen molar-refractivity contribution in [2.75, 3.05) is 17.2 Å². The highest BCUT2D eigenvalue weighted by Crippen LogP contribution is 2.27. The molecule has 0 aliphatic carbocycles. The van der Waals surface area contributed by atoms with Gasteiger partial charge in [-0.1, -0.05) is 19.9 Å². The molecular weight excluding hydrogens is 342 g/mol. The molecule has 1 aromatic carbocycles. The average Bonchev–Trinajstić information content (AvgIpc) is 3.34. The monoisotopic (exact) mass is 365 g/mol. The number of thiophene rings is 1. The molecule has 0 aliphatic heterocycles. The van der Waals surface area contributed by atoms with Gasteiger partial charge in [-0.25, -0.2) is 9.97 Å². The molecule has 5 nitrogen and oxygen atoms in total.